The van der Waals surface area contributed by atoms with Gasteiger partial charge in [-0.3, -0.25) is 4.79 Å². The van der Waals surface area contributed by atoms with Gasteiger partial charge in [-0.05, 0) is 42.1 Å². The first-order valence-corrected chi connectivity index (χ1v) is 10.7. The Morgan fingerprint density at radius 2 is 2.08 bits per heavy atom. The Bertz CT molecular complexity index is 582. The third kappa shape index (κ3) is 4.03. The Labute approximate surface area is 164 Å². The average Bonchev–Trinajstić information content (AvgIpc) is 2.89. The Morgan fingerprint density at radius 3 is 2.76 bits per heavy atom. The van der Waals surface area contributed by atoms with Crippen molar-refractivity contribution in [3.05, 3.63) is 35.9 Å². The van der Waals surface area contributed by atoms with E-state index in [0.29, 0.717) is 18.9 Å². The van der Waals surface area contributed by atoms with E-state index in [1.165, 1.54) is 17.3 Å². The fourth-order valence-electron chi connectivity index (χ4n) is 4.44. The van der Waals surface area contributed by atoms with Crippen LogP contribution < -0.4 is 0 Å². The number of halogens is 1. The van der Waals surface area contributed by atoms with E-state index in [9.17, 15) is 4.79 Å². The second kappa shape index (κ2) is 8.35. The minimum atomic E-state index is -0.520. The molecule has 0 aliphatic carbocycles. The van der Waals surface area contributed by atoms with E-state index in [0.717, 1.165) is 18.4 Å². The van der Waals surface area contributed by atoms with Gasteiger partial charge in [0.2, 0.25) is 5.91 Å². The van der Waals surface area contributed by atoms with Crippen LogP contribution in [0, 0.1) is 5.92 Å². The third-order valence-corrected chi connectivity index (χ3v) is 6.20. The molecule has 5 heteroatoms. The molecule has 2 saturated heterocycles. The van der Waals surface area contributed by atoms with Gasteiger partial charge < -0.3 is 14.4 Å². The fraction of sp³-hybridized carbons (Fsp3) is 0.650. The van der Waals surface area contributed by atoms with E-state index in [4.69, 9.17) is 9.47 Å². The molecule has 0 spiro atoms. The van der Waals surface area contributed by atoms with Crippen LogP contribution in [0.25, 0.3) is 0 Å². The van der Waals surface area contributed by atoms with Crippen molar-refractivity contribution in [1.29, 1.82) is 0 Å². The lowest BCUT2D eigenvalue weighted by Gasteiger charge is -2.43. The number of ether oxygens (including phenoxy) is 2. The molecule has 0 bridgehead atoms. The molecule has 25 heavy (non-hydrogen) atoms. The van der Waals surface area contributed by atoms with Crippen LogP contribution in [0.5, 0.6) is 0 Å². The van der Waals surface area contributed by atoms with Gasteiger partial charge in [-0.1, -0.05) is 59.3 Å². The molecule has 0 saturated carbocycles. The minimum Gasteiger partial charge on any atom is -0.382 e. The number of nitrogens with zero attached hydrogens (tertiary/aromatic N) is 1. The highest BCUT2D eigenvalue weighted by atomic mass is 127. The zero-order valence-corrected chi connectivity index (χ0v) is 17.3. The summed E-state index contributed by atoms with van der Waals surface area (Å²) in [5.74, 6) is 0.642. The lowest BCUT2D eigenvalue weighted by Crippen LogP contribution is -2.55. The summed E-state index contributed by atoms with van der Waals surface area (Å²) >= 11 is 2.42. The number of carbonyl (C=O) groups excluding carboxylic acids is 1. The van der Waals surface area contributed by atoms with E-state index in [1.807, 2.05) is 23.1 Å². The van der Waals surface area contributed by atoms with Crippen LogP contribution in [0.1, 0.15) is 50.7 Å². The predicted octanol–water partition coefficient (Wildman–Crippen LogP) is 4.33. The molecule has 1 aromatic rings. The number of alkyl halides is 1. The van der Waals surface area contributed by atoms with E-state index >= 15 is 0 Å². The maximum absolute atomic E-state index is 13.0. The van der Waals surface area contributed by atoms with E-state index in [1.54, 1.807) is 7.11 Å². The van der Waals surface area contributed by atoms with Gasteiger partial charge >= 0.3 is 0 Å². The molecule has 0 aromatic heterocycles. The summed E-state index contributed by atoms with van der Waals surface area (Å²) in [5.41, 5.74) is 0.600. The summed E-state index contributed by atoms with van der Waals surface area (Å²) in [5, 5.41) is 0. The van der Waals surface area contributed by atoms with Crippen molar-refractivity contribution in [3.8, 4) is 0 Å². The zero-order chi connectivity index (χ0) is 17.9. The standard InChI is InChI=1S/C20H28INO3/c1-20-13-15(8-6-7-11-21)12-18(23)22(20)17(14-24-2)19(25-20)16-9-4-3-5-10-16/h3-5,9-10,15,17,19H,6-8,11-14H2,1-2H3/t15-,17+,19+,20-/m1/s1. The first-order valence-electron chi connectivity index (χ1n) is 9.19. The molecule has 0 radical (unpaired) electrons. The summed E-state index contributed by atoms with van der Waals surface area (Å²) < 4.78 is 13.2. The minimum absolute atomic E-state index is 0.0554. The van der Waals surface area contributed by atoms with Gasteiger partial charge in [0.25, 0.3) is 0 Å². The molecule has 0 N–H and O–H groups in total. The zero-order valence-electron chi connectivity index (χ0n) is 15.1. The van der Waals surface area contributed by atoms with Crippen LogP contribution in [0.3, 0.4) is 0 Å². The number of piperidine rings is 1. The lowest BCUT2D eigenvalue weighted by atomic mass is 9.85. The van der Waals surface area contributed by atoms with Gasteiger partial charge in [0, 0.05) is 13.5 Å². The molecular formula is C20H28INO3. The van der Waals surface area contributed by atoms with Crippen LogP contribution in [0.2, 0.25) is 0 Å². The number of carbonyl (C=O) groups is 1. The lowest BCUT2D eigenvalue weighted by molar-refractivity contribution is -0.166. The summed E-state index contributed by atoms with van der Waals surface area (Å²) in [6, 6.07) is 10.2. The molecule has 2 aliphatic rings. The SMILES string of the molecule is COC[C@H]1[C@H](c2ccccc2)O[C@]2(C)C[C@H](CCCCI)CC(=O)N12. The highest BCUT2D eigenvalue weighted by Gasteiger charge is 2.55. The normalized spacial score (nSPS) is 32.0. The Hall–Kier alpha value is -0.660. The fourth-order valence-corrected chi connectivity index (χ4v) is 4.98. The Balaban J connectivity index is 1.82. The maximum Gasteiger partial charge on any atom is 0.225 e. The van der Waals surface area contributed by atoms with Crippen LogP contribution in [-0.4, -0.2) is 40.7 Å². The van der Waals surface area contributed by atoms with E-state index in [-0.39, 0.29) is 18.1 Å². The van der Waals surface area contributed by atoms with Crippen molar-refractivity contribution < 1.29 is 14.3 Å². The molecule has 4 nitrogen and oxygen atoms in total. The summed E-state index contributed by atoms with van der Waals surface area (Å²) in [6.07, 6.45) is 4.98. The van der Waals surface area contributed by atoms with Gasteiger partial charge in [-0.15, -0.1) is 0 Å². The van der Waals surface area contributed by atoms with Gasteiger partial charge in [0.1, 0.15) is 11.8 Å². The number of unbranched alkanes of at least 4 members (excludes halogenated alkanes) is 1. The van der Waals surface area contributed by atoms with Gasteiger partial charge in [-0.2, -0.15) is 0 Å². The summed E-state index contributed by atoms with van der Waals surface area (Å²) in [7, 11) is 1.69. The van der Waals surface area contributed by atoms with Crippen molar-refractivity contribution in [2.75, 3.05) is 18.1 Å². The van der Waals surface area contributed by atoms with Gasteiger partial charge in [0.15, 0.2) is 0 Å². The number of benzene rings is 1. The largest absolute Gasteiger partial charge is 0.382 e. The van der Waals surface area contributed by atoms with Gasteiger partial charge in [0.05, 0.1) is 12.6 Å². The Kier molecular flexibility index (Phi) is 6.39. The number of hydrogen-bond donors (Lipinski definition) is 0. The quantitative estimate of drug-likeness (QED) is 0.348. The number of methoxy groups -OCH3 is 1. The number of rotatable bonds is 7. The molecule has 3 rings (SSSR count). The van der Waals surface area contributed by atoms with Crippen molar-refractivity contribution in [2.45, 2.75) is 56.9 Å². The smallest absolute Gasteiger partial charge is 0.225 e. The first kappa shape index (κ1) is 19.1. The highest BCUT2D eigenvalue weighted by Crippen LogP contribution is 2.48. The summed E-state index contributed by atoms with van der Waals surface area (Å²) in [4.78, 5) is 15.0. The van der Waals surface area contributed by atoms with E-state index in [2.05, 4.69) is 41.6 Å². The van der Waals surface area contributed by atoms with E-state index < -0.39 is 5.72 Å². The molecule has 2 fully saturated rings. The van der Waals surface area contributed by atoms with Crippen molar-refractivity contribution in [3.63, 3.8) is 0 Å². The Morgan fingerprint density at radius 1 is 1.32 bits per heavy atom. The topological polar surface area (TPSA) is 38.8 Å². The number of fused-ring (bicyclic) bond motifs is 1. The van der Waals surface area contributed by atoms with Crippen LogP contribution in [-0.2, 0) is 14.3 Å². The van der Waals surface area contributed by atoms with Crippen LogP contribution >= 0.6 is 22.6 Å². The van der Waals surface area contributed by atoms with Crippen molar-refractivity contribution in [1.82, 2.24) is 4.90 Å². The molecule has 4 atom stereocenters. The molecule has 0 unspecified atom stereocenters. The first-order chi connectivity index (χ1) is 12.1. The monoisotopic (exact) mass is 457 g/mol. The van der Waals surface area contributed by atoms with Crippen LogP contribution in [0.4, 0.5) is 0 Å². The molecule has 138 valence electrons. The molecule has 2 aliphatic heterocycles. The van der Waals surface area contributed by atoms with Gasteiger partial charge in [-0.25, -0.2) is 0 Å². The highest BCUT2D eigenvalue weighted by molar-refractivity contribution is 14.1. The second-order valence-corrected chi connectivity index (χ2v) is 8.45. The number of hydrogen-bond acceptors (Lipinski definition) is 3. The van der Waals surface area contributed by atoms with Crippen molar-refractivity contribution >= 4 is 28.5 Å². The summed E-state index contributed by atoms with van der Waals surface area (Å²) in [6.45, 7) is 2.58. The molecule has 1 aromatic carbocycles. The second-order valence-electron chi connectivity index (χ2n) is 7.37. The third-order valence-electron chi connectivity index (χ3n) is 5.43. The molecule has 2 heterocycles. The maximum atomic E-state index is 13.0. The van der Waals surface area contributed by atoms with Crippen molar-refractivity contribution in [2.24, 2.45) is 5.92 Å². The molecular weight excluding hydrogens is 429 g/mol. The predicted molar refractivity (Wildman–Crippen MR) is 107 cm³/mol. The molecule has 1 amide bonds. The van der Waals surface area contributed by atoms with Crippen LogP contribution in [0.15, 0.2) is 30.3 Å². The number of amides is 1. The average molecular weight is 457 g/mol.